The molecule has 2 unspecified atom stereocenters. The molecule has 2 saturated heterocycles. The molecule has 6 heteroatoms. The van der Waals surface area contributed by atoms with Crippen molar-refractivity contribution < 1.29 is 14.7 Å². The first-order valence-electron chi connectivity index (χ1n) is 7.15. The number of nitrogens with one attached hydrogen (secondary N) is 1. The molecule has 2 aliphatic rings. The van der Waals surface area contributed by atoms with Gasteiger partial charge in [-0.1, -0.05) is 13.3 Å². The molecule has 3 amide bonds. The van der Waals surface area contributed by atoms with E-state index in [2.05, 4.69) is 10.2 Å². The number of likely N-dealkylation sites (tertiary alicyclic amines) is 1. The molecule has 0 aromatic rings. The molecule has 6 nitrogen and oxygen atoms in total. The van der Waals surface area contributed by atoms with Gasteiger partial charge in [0.05, 0.1) is 12.7 Å². The molecule has 0 bridgehead atoms. The summed E-state index contributed by atoms with van der Waals surface area (Å²) in [6.07, 6.45) is 4.52. The Bertz CT molecular complexity index is 330. The van der Waals surface area contributed by atoms with E-state index >= 15 is 0 Å². The number of carbonyl (C=O) groups excluding carboxylic acids is 2. The van der Waals surface area contributed by atoms with Gasteiger partial charge >= 0.3 is 6.03 Å². The Morgan fingerprint density at radius 1 is 1.42 bits per heavy atom. The van der Waals surface area contributed by atoms with Crippen molar-refractivity contribution in [2.24, 2.45) is 0 Å². The molecule has 0 saturated carbocycles. The summed E-state index contributed by atoms with van der Waals surface area (Å²) < 4.78 is 0. The van der Waals surface area contributed by atoms with Crippen molar-refractivity contribution in [2.45, 2.75) is 51.2 Å². The van der Waals surface area contributed by atoms with Crippen LogP contribution in [0.1, 0.15) is 39.0 Å². The third-order valence-corrected chi connectivity index (χ3v) is 4.06. The fourth-order valence-electron chi connectivity index (χ4n) is 3.18. The van der Waals surface area contributed by atoms with E-state index in [1.165, 1.54) is 4.90 Å². The zero-order valence-corrected chi connectivity index (χ0v) is 11.5. The monoisotopic (exact) mass is 269 g/mol. The standard InChI is InChI=1S/C13H23N3O3/c1-2-11(16-12(18)9-14-13(16)19)15-7-4-3-5-10(15)6-8-17/h10-11,17H,2-9H2,1H3,(H,14,19). The summed E-state index contributed by atoms with van der Waals surface area (Å²) in [4.78, 5) is 27.3. The number of imide groups is 1. The number of piperidine rings is 1. The van der Waals surface area contributed by atoms with Crippen molar-refractivity contribution in [3.05, 3.63) is 0 Å². The van der Waals surface area contributed by atoms with Gasteiger partial charge in [-0.3, -0.25) is 9.69 Å². The summed E-state index contributed by atoms with van der Waals surface area (Å²) in [5.41, 5.74) is 0. The molecule has 0 aromatic carbocycles. The Morgan fingerprint density at radius 3 is 2.79 bits per heavy atom. The maximum absolute atomic E-state index is 11.9. The molecule has 2 fully saturated rings. The SMILES string of the molecule is CCC(N1C(=O)CNC1=O)N1CCCCC1CCO. The smallest absolute Gasteiger partial charge is 0.325 e. The topological polar surface area (TPSA) is 72.9 Å². The number of urea groups is 1. The van der Waals surface area contributed by atoms with E-state index < -0.39 is 0 Å². The van der Waals surface area contributed by atoms with Gasteiger partial charge in [0.15, 0.2) is 0 Å². The first-order chi connectivity index (χ1) is 9.19. The lowest BCUT2D eigenvalue weighted by atomic mass is 9.98. The van der Waals surface area contributed by atoms with Crippen LogP contribution in [-0.2, 0) is 4.79 Å². The van der Waals surface area contributed by atoms with E-state index in [1.807, 2.05) is 6.92 Å². The highest BCUT2D eigenvalue weighted by molar-refractivity contribution is 6.02. The quantitative estimate of drug-likeness (QED) is 0.713. The highest BCUT2D eigenvalue weighted by Crippen LogP contribution is 2.25. The second-order valence-electron chi connectivity index (χ2n) is 5.21. The molecule has 2 aliphatic heterocycles. The van der Waals surface area contributed by atoms with Crippen LogP contribution in [0.3, 0.4) is 0 Å². The maximum atomic E-state index is 11.9. The van der Waals surface area contributed by atoms with Crippen molar-refractivity contribution in [2.75, 3.05) is 19.7 Å². The number of aliphatic hydroxyl groups excluding tert-OH is 1. The molecular weight excluding hydrogens is 246 g/mol. The molecule has 0 radical (unpaired) electrons. The second kappa shape index (κ2) is 6.34. The van der Waals surface area contributed by atoms with Crippen LogP contribution in [-0.4, -0.2) is 58.7 Å². The van der Waals surface area contributed by atoms with Gasteiger partial charge in [-0.15, -0.1) is 0 Å². The normalized spacial score (nSPS) is 26.6. The maximum Gasteiger partial charge on any atom is 0.325 e. The van der Waals surface area contributed by atoms with Gasteiger partial charge < -0.3 is 10.4 Å². The molecule has 2 heterocycles. The molecule has 19 heavy (non-hydrogen) atoms. The lowest BCUT2D eigenvalue weighted by Crippen LogP contribution is -2.56. The van der Waals surface area contributed by atoms with Crippen LogP contribution >= 0.6 is 0 Å². The number of carbonyl (C=O) groups is 2. The van der Waals surface area contributed by atoms with E-state index in [9.17, 15) is 14.7 Å². The van der Waals surface area contributed by atoms with Gasteiger partial charge in [0.25, 0.3) is 5.91 Å². The zero-order chi connectivity index (χ0) is 13.8. The van der Waals surface area contributed by atoms with Gasteiger partial charge in [-0.2, -0.15) is 0 Å². The van der Waals surface area contributed by atoms with Crippen LogP contribution in [0.25, 0.3) is 0 Å². The van der Waals surface area contributed by atoms with E-state index in [0.29, 0.717) is 6.42 Å². The minimum atomic E-state index is -0.287. The van der Waals surface area contributed by atoms with Crippen molar-refractivity contribution in [1.82, 2.24) is 15.1 Å². The number of aliphatic hydroxyl groups is 1. The summed E-state index contributed by atoms with van der Waals surface area (Å²) >= 11 is 0. The predicted molar refractivity (Wildman–Crippen MR) is 70.4 cm³/mol. The number of hydrogen-bond donors (Lipinski definition) is 2. The molecule has 108 valence electrons. The van der Waals surface area contributed by atoms with E-state index in [1.54, 1.807) is 0 Å². The lowest BCUT2D eigenvalue weighted by Gasteiger charge is -2.43. The molecule has 2 rings (SSSR count). The van der Waals surface area contributed by atoms with Gasteiger partial charge in [0.1, 0.15) is 0 Å². The van der Waals surface area contributed by atoms with Gasteiger partial charge in [-0.25, -0.2) is 9.69 Å². The lowest BCUT2D eigenvalue weighted by molar-refractivity contribution is -0.131. The van der Waals surface area contributed by atoms with Crippen LogP contribution in [0.15, 0.2) is 0 Å². The highest BCUT2D eigenvalue weighted by Gasteiger charge is 2.39. The molecule has 2 atom stereocenters. The summed E-state index contributed by atoms with van der Waals surface area (Å²) in [6, 6.07) is -0.0185. The Hall–Kier alpha value is -1.14. The predicted octanol–water partition coefficient (Wildman–Crippen LogP) is 0.511. The van der Waals surface area contributed by atoms with Gasteiger partial charge in [0.2, 0.25) is 0 Å². The minimum absolute atomic E-state index is 0.105. The van der Waals surface area contributed by atoms with Crippen molar-refractivity contribution >= 4 is 11.9 Å². The number of nitrogens with zero attached hydrogens (tertiary/aromatic N) is 2. The summed E-state index contributed by atoms with van der Waals surface area (Å²) in [7, 11) is 0. The van der Waals surface area contributed by atoms with E-state index in [0.717, 1.165) is 32.2 Å². The first-order valence-corrected chi connectivity index (χ1v) is 7.15. The number of hydrogen-bond acceptors (Lipinski definition) is 4. The zero-order valence-electron chi connectivity index (χ0n) is 11.5. The van der Waals surface area contributed by atoms with Crippen LogP contribution in [0, 0.1) is 0 Å². The minimum Gasteiger partial charge on any atom is -0.396 e. The van der Waals surface area contributed by atoms with Crippen molar-refractivity contribution in [1.29, 1.82) is 0 Å². The van der Waals surface area contributed by atoms with Crippen molar-refractivity contribution in [3.8, 4) is 0 Å². The van der Waals surface area contributed by atoms with Crippen molar-refractivity contribution in [3.63, 3.8) is 0 Å². The molecule has 0 spiro atoms. The fraction of sp³-hybridized carbons (Fsp3) is 0.846. The third-order valence-electron chi connectivity index (χ3n) is 4.06. The number of rotatable bonds is 5. The Balaban J connectivity index is 2.14. The summed E-state index contributed by atoms with van der Waals surface area (Å²) in [5, 5.41) is 11.8. The molecule has 0 aliphatic carbocycles. The van der Waals surface area contributed by atoms with Crippen LogP contribution < -0.4 is 5.32 Å². The van der Waals surface area contributed by atoms with Crippen LogP contribution in [0.2, 0.25) is 0 Å². The number of amides is 3. The first kappa shape index (κ1) is 14.3. The van der Waals surface area contributed by atoms with E-state index in [-0.39, 0.29) is 37.3 Å². The highest BCUT2D eigenvalue weighted by atomic mass is 16.3. The Morgan fingerprint density at radius 2 is 2.21 bits per heavy atom. The Labute approximate surface area is 113 Å². The summed E-state index contributed by atoms with van der Waals surface area (Å²) in [6.45, 7) is 3.14. The average molecular weight is 269 g/mol. The average Bonchev–Trinajstić information content (AvgIpc) is 2.74. The molecule has 0 aromatic heterocycles. The third kappa shape index (κ3) is 2.90. The summed E-state index contributed by atoms with van der Waals surface area (Å²) in [5.74, 6) is -0.148. The fourth-order valence-corrected chi connectivity index (χ4v) is 3.18. The van der Waals surface area contributed by atoms with Crippen LogP contribution in [0.4, 0.5) is 4.79 Å². The van der Waals surface area contributed by atoms with Gasteiger partial charge in [0, 0.05) is 19.2 Å². The Kier molecular flexibility index (Phi) is 4.76. The molecular formula is C13H23N3O3. The van der Waals surface area contributed by atoms with Crippen LogP contribution in [0.5, 0.6) is 0 Å². The second-order valence-corrected chi connectivity index (χ2v) is 5.21. The molecule has 2 N–H and O–H groups in total. The largest absolute Gasteiger partial charge is 0.396 e. The van der Waals surface area contributed by atoms with Gasteiger partial charge in [-0.05, 0) is 25.7 Å². The van der Waals surface area contributed by atoms with E-state index in [4.69, 9.17) is 0 Å².